The third-order valence-corrected chi connectivity index (χ3v) is 2.91. The van der Waals surface area contributed by atoms with Crippen molar-refractivity contribution in [3.8, 4) is 0 Å². The first kappa shape index (κ1) is 15.2. The molecule has 1 aromatic carbocycles. The van der Waals surface area contributed by atoms with Crippen LogP contribution in [0, 0.1) is 0 Å². The van der Waals surface area contributed by atoms with Gasteiger partial charge in [-0.05, 0) is 19.4 Å². The van der Waals surface area contributed by atoms with Crippen LogP contribution < -0.4 is 5.32 Å². The van der Waals surface area contributed by atoms with Crippen LogP contribution in [0.1, 0.15) is 26.3 Å². The van der Waals surface area contributed by atoms with Gasteiger partial charge in [-0.3, -0.25) is 9.59 Å². The van der Waals surface area contributed by atoms with Crippen molar-refractivity contribution >= 4 is 11.8 Å². The maximum Gasteiger partial charge on any atom is 0.224 e. The summed E-state index contributed by atoms with van der Waals surface area (Å²) >= 11 is 0. The van der Waals surface area contributed by atoms with E-state index in [4.69, 9.17) is 0 Å². The summed E-state index contributed by atoms with van der Waals surface area (Å²) < 4.78 is 0. The highest BCUT2D eigenvalue weighted by atomic mass is 16.2. The molecule has 0 aliphatic rings. The summed E-state index contributed by atoms with van der Waals surface area (Å²) in [6.45, 7) is 6.52. The maximum absolute atomic E-state index is 11.7. The molecule has 4 heteroatoms. The number of hydrogen-bond donors (Lipinski definition) is 1. The molecule has 0 fully saturated rings. The van der Waals surface area contributed by atoms with Crippen molar-refractivity contribution in [1.29, 1.82) is 0 Å². The fourth-order valence-electron chi connectivity index (χ4n) is 1.94. The van der Waals surface area contributed by atoms with Gasteiger partial charge in [0, 0.05) is 26.1 Å². The minimum Gasteiger partial charge on any atom is -0.354 e. The lowest BCUT2D eigenvalue weighted by Gasteiger charge is -2.25. The molecule has 104 valence electrons. The van der Waals surface area contributed by atoms with Gasteiger partial charge in [-0.2, -0.15) is 0 Å². The van der Waals surface area contributed by atoms with Crippen LogP contribution >= 0.6 is 0 Å². The number of rotatable bonds is 6. The predicted molar refractivity (Wildman–Crippen MR) is 75.7 cm³/mol. The third kappa shape index (κ3) is 5.55. The second kappa shape index (κ2) is 7.56. The van der Waals surface area contributed by atoms with Crippen LogP contribution in [0.4, 0.5) is 0 Å². The van der Waals surface area contributed by atoms with E-state index >= 15 is 0 Å². The van der Waals surface area contributed by atoms with E-state index in [1.807, 2.05) is 44.2 Å². The summed E-state index contributed by atoms with van der Waals surface area (Å²) in [5.74, 6) is 0.0192. The van der Waals surface area contributed by atoms with Crippen molar-refractivity contribution in [3.05, 3.63) is 35.9 Å². The van der Waals surface area contributed by atoms with Gasteiger partial charge in [-0.25, -0.2) is 0 Å². The molecule has 0 aliphatic carbocycles. The number of carbonyl (C=O) groups is 2. The lowest BCUT2D eigenvalue weighted by atomic mass is 10.1. The van der Waals surface area contributed by atoms with Crippen LogP contribution in [0.5, 0.6) is 0 Å². The van der Waals surface area contributed by atoms with Crippen LogP contribution in [-0.4, -0.2) is 35.8 Å². The van der Waals surface area contributed by atoms with Crippen molar-refractivity contribution < 1.29 is 9.59 Å². The number of benzene rings is 1. The minimum absolute atomic E-state index is 0.0153. The molecule has 0 aromatic heterocycles. The molecule has 0 bridgehead atoms. The molecule has 0 atom stereocenters. The Labute approximate surface area is 114 Å². The Kier molecular flexibility index (Phi) is 6.06. The van der Waals surface area contributed by atoms with Gasteiger partial charge < -0.3 is 10.2 Å². The lowest BCUT2D eigenvalue weighted by molar-refractivity contribution is -0.131. The first-order chi connectivity index (χ1) is 9.00. The molecule has 19 heavy (non-hydrogen) atoms. The van der Waals surface area contributed by atoms with Gasteiger partial charge in [-0.15, -0.1) is 0 Å². The Morgan fingerprint density at radius 2 is 1.84 bits per heavy atom. The SMILES string of the molecule is CC(=O)N(CCNC(=O)Cc1ccccc1)C(C)C. The third-order valence-electron chi connectivity index (χ3n) is 2.91. The van der Waals surface area contributed by atoms with E-state index in [1.54, 1.807) is 11.8 Å². The zero-order valence-corrected chi connectivity index (χ0v) is 11.8. The summed E-state index contributed by atoms with van der Waals surface area (Å²) in [4.78, 5) is 24.8. The van der Waals surface area contributed by atoms with E-state index in [9.17, 15) is 9.59 Å². The molecular formula is C15H22N2O2. The predicted octanol–water partition coefficient (Wildman–Crippen LogP) is 1.60. The van der Waals surface area contributed by atoms with Crippen molar-refractivity contribution in [2.24, 2.45) is 0 Å². The summed E-state index contributed by atoms with van der Waals surface area (Å²) in [5, 5.41) is 2.84. The van der Waals surface area contributed by atoms with Crippen LogP contribution in [0.2, 0.25) is 0 Å². The second-order valence-electron chi connectivity index (χ2n) is 4.82. The summed E-state index contributed by atoms with van der Waals surface area (Å²) in [5.41, 5.74) is 0.993. The highest BCUT2D eigenvalue weighted by Gasteiger charge is 2.12. The first-order valence-electron chi connectivity index (χ1n) is 6.58. The van der Waals surface area contributed by atoms with Gasteiger partial charge in [0.1, 0.15) is 0 Å². The number of nitrogens with one attached hydrogen (secondary N) is 1. The first-order valence-corrected chi connectivity index (χ1v) is 6.58. The van der Waals surface area contributed by atoms with Crippen molar-refractivity contribution in [2.75, 3.05) is 13.1 Å². The zero-order chi connectivity index (χ0) is 14.3. The molecule has 1 N–H and O–H groups in total. The van der Waals surface area contributed by atoms with E-state index < -0.39 is 0 Å². The van der Waals surface area contributed by atoms with Gasteiger partial charge in [-0.1, -0.05) is 30.3 Å². The number of amides is 2. The topological polar surface area (TPSA) is 49.4 Å². The number of hydrogen-bond acceptors (Lipinski definition) is 2. The van der Waals surface area contributed by atoms with E-state index in [1.165, 1.54) is 0 Å². The number of nitrogens with zero attached hydrogens (tertiary/aromatic N) is 1. The van der Waals surface area contributed by atoms with E-state index in [0.717, 1.165) is 5.56 Å². The molecule has 4 nitrogen and oxygen atoms in total. The largest absolute Gasteiger partial charge is 0.354 e. The molecule has 0 heterocycles. The molecule has 0 aliphatic heterocycles. The molecule has 2 amide bonds. The normalized spacial score (nSPS) is 10.3. The molecule has 0 saturated carbocycles. The Bertz CT molecular complexity index is 415. The van der Waals surface area contributed by atoms with E-state index in [2.05, 4.69) is 5.32 Å². The zero-order valence-electron chi connectivity index (χ0n) is 11.8. The molecule has 0 saturated heterocycles. The highest BCUT2D eigenvalue weighted by molar-refractivity contribution is 5.78. The summed E-state index contributed by atoms with van der Waals surface area (Å²) in [6, 6.07) is 9.76. The monoisotopic (exact) mass is 262 g/mol. The average Bonchev–Trinajstić information content (AvgIpc) is 2.34. The lowest BCUT2D eigenvalue weighted by Crippen LogP contribution is -2.41. The van der Waals surface area contributed by atoms with Crippen LogP contribution in [0.15, 0.2) is 30.3 Å². The molecule has 0 unspecified atom stereocenters. The van der Waals surface area contributed by atoms with Gasteiger partial charge in [0.25, 0.3) is 0 Å². The standard InChI is InChI=1S/C15H22N2O2/c1-12(2)17(13(3)18)10-9-16-15(19)11-14-7-5-4-6-8-14/h4-8,12H,9-11H2,1-3H3,(H,16,19). The Balaban J connectivity index is 2.33. The molecule has 1 rings (SSSR count). The second-order valence-corrected chi connectivity index (χ2v) is 4.82. The minimum atomic E-state index is -0.0153. The summed E-state index contributed by atoms with van der Waals surface area (Å²) in [7, 11) is 0. The van der Waals surface area contributed by atoms with Crippen LogP contribution in [0.3, 0.4) is 0 Å². The van der Waals surface area contributed by atoms with E-state index in [0.29, 0.717) is 19.5 Å². The fourth-order valence-corrected chi connectivity index (χ4v) is 1.94. The van der Waals surface area contributed by atoms with Gasteiger partial charge in [0.05, 0.1) is 6.42 Å². The Hall–Kier alpha value is -1.84. The number of carbonyl (C=O) groups excluding carboxylic acids is 2. The van der Waals surface area contributed by atoms with Gasteiger partial charge in [0.2, 0.25) is 11.8 Å². The maximum atomic E-state index is 11.7. The fraction of sp³-hybridized carbons (Fsp3) is 0.467. The van der Waals surface area contributed by atoms with Gasteiger partial charge >= 0.3 is 0 Å². The molecule has 0 radical (unpaired) electrons. The summed E-state index contributed by atoms with van der Waals surface area (Å²) in [6.07, 6.45) is 0.378. The quantitative estimate of drug-likeness (QED) is 0.846. The van der Waals surface area contributed by atoms with Crippen molar-refractivity contribution in [1.82, 2.24) is 10.2 Å². The Morgan fingerprint density at radius 3 is 2.37 bits per heavy atom. The Morgan fingerprint density at radius 1 is 1.21 bits per heavy atom. The molecular weight excluding hydrogens is 240 g/mol. The van der Waals surface area contributed by atoms with Crippen LogP contribution in [-0.2, 0) is 16.0 Å². The highest BCUT2D eigenvalue weighted by Crippen LogP contribution is 2.00. The average molecular weight is 262 g/mol. The van der Waals surface area contributed by atoms with E-state index in [-0.39, 0.29) is 17.9 Å². The smallest absolute Gasteiger partial charge is 0.224 e. The van der Waals surface area contributed by atoms with Crippen molar-refractivity contribution in [3.63, 3.8) is 0 Å². The molecule has 1 aromatic rings. The molecule has 0 spiro atoms. The van der Waals surface area contributed by atoms with Gasteiger partial charge in [0.15, 0.2) is 0 Å². The van der Waals surface area contributed by atoms with Crippen LogP contribution in [0.25, 0.3) is 0 Å². The van der Waals surface area contributed by atoms with Crippen molar-refractivity contribution in [2.45, 2.75) is 33.2 Å².